The zero-order valence-corrected chi connectivity index (χ0v) is 16.8. The van der Waals surface area contributed by atoms with E-state index in [1.807, 2.05) is 18.2 Å². The van der Waals surface area contributed by atoms with E-state index in [2.05, 4.69) is 18.7 Å². The predicted octanol–water partition coefficient (Wildman–Crippen LogP) is 3.49. The minimum absolute atomic E-state index is 0.222. The largest absolute Gasteiger partial charge is 0.508 e. The Hall–Kier alpha value is -2.05. The van der Waals surface area contributed by atoms with E-state index < -0.39 is 10.0 Å². The predicted molar refractivity (Wildman–Crippen MR) is 109 cm³/mol. The van der Waals surface area contributed by atoms with E-state index in [1.54, 1.807) is 34.6 Å². The topological polar surface area (TPSA) is 60.9 Å². The summed E-state index contributed by atoms with van der Waals surface area (Å²) in [4.78, 5) is 2.46. The average molecular weight is 389 g/mol. The minimum atomic E-state index is -3.47. The summed E-state index contributed by atoms with van der Waals surface area (Å²) in [5, 5.41) is 9.63. The quantitative estimate of drug-likeness (QED) is 0.823. The van der Waals surface area contributed by atoms with Gasteiger partial charge in [-0.25, -0.2) is 8.42 Å². The lowest BCUT2D eigenvalue weighted by Gasteiger charge is -2.35. The fourth-order valence-corrected chi connectivity index (χ4v) is 4.73. The molecule has 0 unspecified atom stereocenters. The summed E-state index contributed by atoms with van der Waals surface area (Å²) < 4.78 is 27.4. The van der Waals surface area contributed by atoms with Crippen molar-refractivity contribution in [2.24, 2.45) is 5.92 Å². The van der Waals surface area contributed by atoms with Crippen molar-refractivity contribution >= 4 is 15.7 Å². The molecule has 1 fully saturated rings. The highest BCUT2D eigenvalue weighted by Crippen LogP contribution is 2.24. The van der Waals surface area contributed by atoms with Crippen LogP contribution in [-0.4, -0.2) is 44.0 Å². The molecule has 3 rings (SSSR count). The first-order valence-electron chi connectivity index (χ1n) is 9.49. The number of sulfonamides is 1. The summed E-state index contributed by atoms with van der Waals surface area (Å²) in [7, 11) is -3.47. The van der Waals surface area contributed by atoms with Gasteiger partial charge in [-0.15, -0.1) is 0 Å². The zero-order chi connectivity index (χ0) is 19.4. The number of aryl methyl sites for hydroxylation is 1. The molecule has 1 aliphatic rings. The molecule has 5 nitrogen and oxygen atoms in total. The molecule has 1 heterocycles. The monoisotopic (exact) mass is 388 g/mol. The highest BCUT2D eigenvalue weighted by molar-refractivity contribution is 7.89. The van der Waals surface area contributed by atoms with Crippen LogP contribution in [0.4, 0.5) is 5.69 Å². The number of anilines is 1. The summed E-state index contributed by atoms with van der Waals surface area (Å²) in [5.41, 5.74) is 2.10. The Morgan fingerprint density at radius 3 is 2.26 bits per heavy atom. The van der Waals surface area contributed by atoms with E-state index in [0.717, 1.165) is 18.5 Å². The molecule has 27 heavy (non-hydrogen) atoms. The van der Waals surface area contributed by atoms with Gasteiger partial charge >= 0.3 is 0 Å². The zero-order valence-electron chi connectivity index (χ0n) is 16.0. The summed E-state index contributed by atoms with van der Waals surface area (Å²) in [6.45, 7) is 6.47. The van der Waals surface area contributed by atoms with Gasteiger partial charge in [-0.2, -0.15) is 4.31 Å². The fourth-order valence-electron chi connectivity index (χ4n) is 3.31. The van der Waals surface area contributed by atoms with Crippen LogP contribution in [0.15, 0.2) is 53.4 Å². The van der Waals surface area contributed by atoms with Crippen LogP contribution in [0.3, 0.4) is 0 Å². The van der Waals surface area contributed by atoms with Gasteiger partial charge in [0, 0.05) is 37.9 Å². The molecule has 0 amide bonds. The molecule has 6 heteroatoms. The molecule has 1 aliphatic heterocycles. The van der Waals surface area contributed by atoms with Gasteiger partial charge in [0.1, 0.15) is 5.75 Å². The van der Waals surface area contributed by atoms with Gasteiger partial charge in [0.05, 0.1) is 4.90 Å². The number of hydrogen-bond acceptors (Lipinski definition) is 4. The summed E-state index contributed by atoms with van der Waals surface area (Å²) in [5.74, 6) is 0.858. The van der Waals surface area contributed by atoms with Crippen molar-refractivity contribution < 1.29 is 13.5 Å². The van der Waals surface area contributed by atoms with Gasteiger partial charge in [0.2, 0.25) is 10.0 Å². The van der Waals surface area contributed by atoms with Crippen molar-refractivity contribution in [1.29, 1.82) is 0 Å². The fraction of sp³-hybridized carbons (Fsp3) is 0.429. The van der Waals surface area contributed by atoms with Gasteiger partial charge < -0.3 is 10.0 Å². The van der Waals surface area contributed by atoms with E-state index in [-0.39, 0.29) is 5.75 Å². The standard InChI is InChI=1S/C21H28N2O3S/c1-17(2)6-7-18-8-10-21(11-9-18)27(25,26)23-14-12-22(13-15-23)19-4-3-5-20(24)16-19/h3-5,8-11,16-17,24H,6-7,12-15H2,1-2H3. The Bertz CT molecular complexity index is 855. The molecule has 2 aromatic carbocycles. The molecule has 0 spiro atoms. The normalized spacial score (nSPS) is 16.0. The first-order chi connectivity index (χ1) is 12.9. The first kappa shape index (κ1) is 19.7. The lowest BCUT2D eigenvalue weighted by molar-refractivity contribution is 0.384. The van der Waals surface area contributed by atoms with Gasteiger partial charge in [-0.3, -0.25) is 0 Å². The number of rotatable bonds is 6. The maximum Gasteiger partial charge on any atom is 0.243 e. The van der Waals surface area contributed by atoms with Crippen molar-refractivity contribution in [2.45, 2.75) is 31.6 Å². The maximum atomic E-state index is 12.9. The number of nitrogens with zero attached hydrogens (tertiary/aromatic N) is 2. The van der Waals surface area contributed by atoms with E-state index in [4.69, 9.17) is 0 Å². The molecular formula is C21H28N2O3S. The molecule has 0 aromatic heterocycles. The Labute approximate surface area is 162 Å². The van der Waals surface area contributed by atoms with Crippen LogP contribution in [0.5, 0.6) is 5.75 Å². The van der Waals surface area contributed by atoms with Crippen LogP contribution in [0, 0.1) is 5.92 Å². The maximum absolute atomic E-state index is 12.9. The Balaban J connectivity index is 1.64. The van der Waals surface area contributed by atoms with Gasteiger partial charge in [0.15, 0.2) is 0 Å². The third-order valence-electron chi connectivity index (χ3n) is 5.01. The highest BCUT2D eigenvalue weighted by Gasteiger charge is 2.28. The second-order valence-corrected chi connectivity index (χ2v) is 9.43. The molecule has 0 radical (unpaired) electrons. The van der Waals surface area contributed by atoms with Crippen molar-refractivity contribution in [2.75, 3.05) is 31.1 Å². The van der Waals surface area contributed by atoms with E-state index in [0.29, 0.717) is 37.0 Å². The van der Waals surface area contributed by atoms with Crippen molar-refractivity contribution in [1.82, 2.24) is 4.31 Å². The molecule has 2 aromatic rings. The van der Waals surface area contributed by atoms with Crippen LogP contribution in [0.2, 0.25) is 0 Å². The van der Waals surface area contributed by atoms with Crippen LogP contribution in [-0.2, 0) is 16.4 Å². The molecule has 0 atom stereocenters. The Morgan fingerprint density at radius 1 is 1.00 bits per heavy atom. The van der Waals surface area contributed by atoms with Crippen LogP contribution >= 0.6 is 0 Å². The number of phenols is 1. The number of aromatic hydroxyl groups is 1. The molecule has 146 valence electrons. The van der Waals surface area contributed by atoms with Crippen molar-refractivity contribution in [3.8, 4) is 5.75 Å². The smallest absolute Gasteiger partial charge is 0.243 e. The van der Waals surface area contributed by atoms with Crippen LogP contribution < -0.4 is 4.90 Å². The highest BCUT2D eigenvalue weighted by atomic mass is 32.2. The lowest BCUT2D eigenvalue weighted by atomic mass is 10.0. The third-order valence-corrected chi connectivity index (χ3v) is 6.92. The van der Waals surface area contributed by atoms with E-state index in [9.17, 15) is 13.5 Å². The number of benzene rings is 2. The second-order valence-electron chi connectivity index (χ2n) is 7.49. The lowest BCUT2D eigenvalue weighted by Crippen LogP contribution is -2.48. The summed E-state index contributed by atoms with van der Waals surface area (Å²) in [6, 6.07) is 14.4. The van der Waals surface area contributed by atoms with Crippen LogP contribution in [0.25, 0.3) is 0 Å². The molecule has 1 saturated heterocycles. The van der Waals surface area contributed by atoms with Crippen molar-refractivity contribution in [3.63, 3.8) is 0 Å². The Morgan fingerprint density at radius 2 is 1.67 bits per heavy atom. The van der Waals surface area contributed by atoms with Crippen LogP contribution in [0.1, 0.15) is 25.8 Å². The molecule has 0 bridgehead atoms. The average Bonchev–Trinajstić information content (AvgIpc) is 2.67. The molecule has 0 saturated carbocycles. The summed E-state index contributed by atoms with van der Waals surface area (Å²) >= 11 is 0. The van der Waals surface area contributed by atoms with E-state index >= 15 is 0 Å². The van der Waals surface area contributed by atoms with Gasteiger partial charge in [-0.05, 0) is 48.6 Å². The Kier molecular flexibility index (Phi) is 6.07. The van der Waals surface area contributed by atoms with E-state index in [1.165, 1.54) is 5.56 Å². The summed E-state index contributed by atoms with van der Waals surface area (Å²) in [6.07, 6.45) is 2.07. The second kappa shape index (κ2) is 8.31. The minimum Gasteiger partial charge on any atom is -0.508 e. The van der Waals surface area contributed by atoms with Gasteiger partial charge in [-0.1, -0.05) is 32.0 Å². The number of piperazine rings is 1. The number of phenolic OH excluding ortho intramolecular Hbond substituents is 1. The third kappa shape index (κ3) is 4.82. The molecular weight excluding hydrogens is 360 g/mol. The number of hydrogen-bond donors (Lipinski definition) is 1. The molecule has 0 aliphatic carbocycles. The van der Waals surface area contributed by atoms with Gasteiger partial charge in [0.25, 0.3) is 0 Å². The van der Waals surface area contributed by atoms with Crippen molar-refractivity contribution in [3.05, 3.63) is 54.1 Å². The first-order valence-corrected chi connectivity index (χ1v) is 10.9. The molecule has 1 N–H and O–H groups in total. The SMILES string of the molecule is CC(C)CCc1ccc(S(=O)(=O)N2CCN(c3cccc(O)c3)CC2)cc1.